The van der Waals surface area contributed by atoms with Crippen LogP contribution in [0.25, 0.3) is 5.57 Å². The monoisotopic (exact) mass is 530 g/mol. The molecule has 2 saturated carbocycles. The molecular weight excluding hydrogens is 490 g/mol. The molecule has 6 rings (SSSR count). The minimum atomic E-state index is -0.883. The second-order valence-corrected chi connectivity index (χ2v) is 16.2. The van der Waals surface area contributed by atoms with Gasteiger partial charge in [0.2, 0.25) is 0 Å². The summed E-state index contributed by atoms with van der Waals surface area (Å²) in [4.78, 5) is 0. The number of furan rings is 2. The zero-order valence-electron chi connectivity index (χ0n) is 22.1. The fourth-order valence-electron chi connectivity index (χ4n) is 7.08. The van der Waals surface area contributed by atoms with Crippen molar-refractivity contribution in [3.05, 3.63) is 84.3 Å². The van der Waals surface area contributed by atoms with Gasteiger partial charge in [-0.15, -0.1) is 0 Å². The number of hydrogen-bond donors (Lipinski definition) is 0. The van der Waals surface area contributed by atoms with E-state index in [2.05, 4.69) is 55.5 Å². The van der Waals surface area contributed by atoms with Gasteiger partial charge >= 0.3 is 0 Å². The highest BCUT2D eigenvalue weighted by atomic mass is 31.1. The van der Waals surface area contributed by atoms with Crippen LogP contribution in [0.5, 0.6) is 0 Å². The van der Waals surface area contributed by atoms with E-state index in [0.29, 0.717) is 5.66 Å². The van der Waals surface area contributed by atoms with Gasteiger partial charge in [-0.05, 0) is 89.8 Å². The van der Waals surface area contributed by atoms with E-state index in [9.17, 15) is 0 Å². The van der Waals surface area contributed by atoms with Crippen LogP contribution in [0.2, 0.25) is 0 Å². The van der Waals surface area contributed by atoms with Crippen LogP contribution in [0.1, 0.15) is 83.1 Å². The van der Waals surface area contributed by atoms with Crippen molar-refractivity contribution in [1.29, 1.82) is 0 Å². The summed E-state index contributed by atoms with van der Waals surface area (Å²) in [6, 6.07) is 17.3. The molecule has 0 aliphatic heterocycles. The third kappa shape index (κ3) is 5.35. The van der Waals surface area contributed by atoms with E-state index in [-0.39, 0.29) is 7.92 Å². The summed E-state index contributed by atoms with van der Waals surface area (Å²) in [6.45, 7) is 2.61. The Kier molecular flexibility index (Phi) is 8.16. The fourth-order valence-corrected chi connectivity index (χ4v) is 13.6. The average molecular weight is 531 g/mol. The minimum absolute atomic E-state index is 0.0131. The first kappa shape index (κ1) is 25.4. The smallest absolute Gasteiger partial charge is 0.137 e. The molecule has 3 aliphatic rings. The molecule has 1 aromatic carbocycles. The summed E-state index contributed by atoms with van der Waals surface area (Å²) in [5.41, 5.74) is 9.18. The van der Waals surface area contributed by atoms with E-state index in [1.807, 2.05) is 12.1 Å². The van der Waals surface area contributed by atoms with Crippen LogP contribution >= 0.6 is 15.8 Å². The maximum absolute atomic E-state index is 6.00. The molecule has 0 amide bonds. The molecule has 0 spiro atoms. The Labute approximate surface area is 225 Å². The molecule has 0 bridgehead atoms. The Morgan fingerprint density at radius 1 is 0.730 bits per heavy atom. The number of allylic oxidation sites excluding steroid dienone is 4. The van der Waals surface area contributed by atoms with Crippen molar-refractivity contribution in [2.45, 2.75) is 94.5 Å². The molecule has 0 N–H and O–H groups in total. The van der Waals surface area contributed by atoms with Gasteiger partial charge in [-0.2, -0.15) is 0 Å². The Hall–Kier alpha value is -1.88. The zero-order chi connectivity index (χ0) is 25.0. The van der Waals surface area contributed by atoms with Crippen LogP contribution in [-0.4, -0.2) is 17.0 Å². The van der Waals surface area contributed by atoms with Crippen LogP contribution in [0, 0.1) is 0 Å². The van der Waals surface area contributed by atoms with E-state index in [4.69, 9.17) is 8.83 Å². The maximum Gasteiger partial charge on any atom is 0.137 e. The molecule has 0 saturated heterocycles. The van der Waals surface area contributed by atoms with Gasteiger partial charge in [0.05, 0.1) is 20.4 Å². The molecule has 0 unspecified atom stereocenters. The Bertz CT molecular complexity index is 1140. The summed E-state index contributed by atoms with van der Waals surface area (Å²) in [6.07, 6.45) is 24.1. The van der Waals surface area contributed by atoms with Crippen molar-refractivity contribution in [3.8, 4) is 0 Å². The van der Waals surface area contributed by atoms with Gasteiger partial charge in [0.1, 0.15) is 11.0 Å². The molecule has 37 heavy (non-hydrogen) atoms. The van der Waals surface area contributed by atoms with Crippen LogP contribution in [0.15, 0.2) is 87.6 Å². The molecule has 2 nitrogen and oxygen atoms in total. The molecule has 2 heterocycles. The first-order valence-electron chi connectivity index (χ1n) is 14.4. The van der Waals surface area contributed by atoms with Gasteiger partial charge in [-0.1, -0.05) is 95.4 Å². The molecule has 4 heteroatoms. The summed E-state index contributed by atoms with van der Waals surface area (Å²) in [7, 11) is -0.896. The molecule has 3 aromatic rings. The quantitative estimate of drug-likeness (QED) is 0.272. The third-order valence-electron chi connectivity index (χ3n) is 8.80. The predicted molar refractivity (Wildman–Crippen MR) is 160 cm³/mol. The van der Waals surface area contributed by atoms with Crippen LogP contribution < -0.4 is 16.3 Å². The lowest BCUT2D eigenvalue weighted by atomic mass is 9.99. The molecule has 194 valence electrons. The van der Waals surface area contributed by atoms with Crippen molar-refractivity contribution in [1.82, 2.24) is 0 Å². The Balaban J connectivity index is 1.41. The van der Waals surface area contributed by atoms with Crippen molar-refractivity contribution in [2.24, 2.45) is 0 Å². The third-order valence-corrected chi connectivity index (χ3v) is 15.0. The lowest BCUT2D eigenvalue weighted by molar-refractivity contribution is 0.482. The van der Waals surface area contributed by atoms with E-state index >= 15 is 0 Å². The number of benzene rings is 1. The maximum atomic E-state index is 6.00. The number of rotatable bonds is 8. The second kappa shape index (κ2) is 11.9. The highest BCUT2D eigenvalue weighted by Gasteiger charge is 2.37. The molecule has 1 atom stereocenters. The van der Waals surface area contributed by atoms with Gasteiger partial charge < -0.3 is 8.83 Å². The Morgan fingerprint density at radius 3 is 1.89 bits per heavy atom. The van der Waals surface area contributed by atoms with Crippen LogP contribution in [-0.2, 0) is 0 Å². The largest absolute Gasteiger partial charge is 0.464 e. The number of hydrogen-bond acceptors (Lipinski definition) is 2. The van der Waals surface area contributed by atoms with Gasteiger partial charge in [-0.3, -0.25) is 0 Å². The average Bonchev–Trinajstić information content (AvgIpc) is 3.75. The van der Waals surface area contributed by atoms with E-state index in [1.54, 1.807) is 18.1 Å². The minimum Gasteiger partial charge on any atom is -0.464 e. The van der Waals surface area contributed by atoms with Gasteiger partial charge in [0.25, 0.3) is 0 Å². The van der Waals surface area contributed by atoms with Gasteiger partial charge in [0.15, 0.2) is 0 Å². The first-order valence-corrected chi connectivity index (χ1v) is 17.3. The summed E-state index contributed by atoms with van der Waals surface area (Å²) >= 11 is 0. The van der Waals surface area contributed by atoms with Gasteiger partial charge in [-0.25, -0.2) is 0 Å². The molecule has 3 aliphatic carbocycles. The summed E-state index contributed by atoms with van der Waals surface area (Å²) in [5.74, 6) is 0. The molecule has 0 radical (unpaired) electrons. The van der Waals surface area contributed by atoms with E-state index < -0.39 is 7.92 Å². The van der Waals surface area contributed by atoms with Crippen molar-refractivity contribution < 1.29 is 8.83 Å². The summed E-state index contributed by atoms with van der Waals surface area (Å²) < 4.78 is 12.0. The van der Waals surface area contributed by atoms with Crippen LogP contribution in [0.3, 0.4) is 0 Å². The van der Waals surface area contributed by atoms with E-state index in [1.165, 1.54) is 80.6 Å². The predicted octanol–water partition coefficient (Wildman–Crippen LogP) is 8.88. The van der Waals surface area contributed by atoms with Crippen molar-refractivity contribution in [2.75, 3.05) is 0 Å². The molecule has 2 fully saturated rings. The lowest BCUT2D eigenvalue weighted by Crippen LogP contribution is -2.27. The van der Waals surface area contributed by atoms with Gasteiger partial charge in [0, 0.05) is 0 Å². The SMILES string of the molecule is C[C@H](C1=C(c2ccccc2P(c2ccco2)c2ccco2)C=CC1)P(C1CCCCC1)C1CCCCC1. The van der Waals surface area contributed by atoms with Crippen molar-refractivity contribution >= 4 is 37.7 Å². The standard InChI is InChI=1S/C33H40O2P2/c1-25(36(26-13-4-2-5-14-26)27-15-6-3-7-16-27)28-18-10-19-29(28)30-17-8-9-20-31(30)37(32-21-11-23-34-32)33-22-12-24-35-33/h8-12,17,19-27H,2-7,13-16,18H2,1H3/t25-/m1/s1. The lowest BCUT2D eigenvalue weighted by Gasteiger charge is -2.43. The second-order valence-electron chi connectivity index (χ2n) is 11.0. The zero-order valence-corrected chi connectivity index (χ0v) is 23.9. The molecular formula is C33H40O2P2. The fraction of sp³-hybridized carbons (Fsp3) is 0.455. The highest BCUT2D eigenvalue weighted by Crippen LogP contribution is 2.61. The highest BCUT2D eigenvalue weighted by molar-refractivity contribution is 7.79. The van der Waals surface area contributed by atoms with Crippen LogP contribution in [0.4, 0.5) is 0 Å². The summed E-state index contributed by atoms with van der Waals surface area (Å²) in [5, 5.41) is 1.34. The normalized spacial score (nSPS) is 20.4. The topological polar surface area (TPSA) is 26.3 Å². The van der Waals surface area contributed by atoms with E-state index in [0.717, 1.165) is 28.7 Å². The van der Waals surface area contributed by atoms with Crippen molar-refractivity contribution in [3.63, 3.8) is 0 Å². The Morgan fingerprint density at radius 2 is 1.32 bits per heavy atom. The first-order chi connectivity index (χ1) is 18.3. The molecule has 2 aromatic heterocycles.